The van der Waals surface area contributed by atoms with Crippen molar-refractivity contribution in [2.24, 2.45) is 0 Å². The minimum atomic E-state index is -3.43. The zero-order chi connectivity index (χ0) is 16.2. The van der Waals surface area contributed by atoms with Gasteiger partial charge in [0, 0.05) is 24.9 Å². The summed E-state index contributed by atoms with van der Waals surface area (Å²) in [7, 11) is -0.762. The van der Waals surface area contributed by atoms with Gasteiger partial charge in [0.2, 0.25) is 0 Å². The maximum atomic E-state index is 12.8. The van der Waals surface area contributed by atoms with Gasteiger partial charge in [-0.15, -0.1) is 0 Å². The van der Waals surface area contributed by atoms with Crippen molar-refractivity contribution in [2.45, 2.75) is 5.78 Å². The second-order valence-corrected chi connectivity index (χ2v) is 7.31. The number of hydrogen-bond acceptors (Lipinski definition) is 5. The van der Waals surface area contributed by atoms with Crippen molar-refractivity contribution in [1.29, 1.82) is 0 Å². The highest BCUT2D eigenvalue weighted by molar-refractivity contribution is 7.54. The van der Waals surface area contributed by atoms with Crippen LogP contribution in [0.5, 0.6) is 5.75 Å². The van der Waals surface area contributed by atoms with E-state index in [1.165, 1.54) is 26.4 Å². The molecule has 1 unspecified atom stereocenters. The number of hydrogen-bond donors (Lipinski definition) is 2. The second kappa shape index (κ2) is 7.16. The molecule has 0 saturated heterocycles. The summed E-state index contributed by atoms with van der Waals surface area (Å²) in [4.78, 5) is 0. The van der Waals surface area contributed by atoms with Crippen LogP contribution in [0.25, 0.3) is 0 Å². The van der Waals surface area contributed by atoms with Gasteiger partial charge in [-0.1, -0.05) is 23.7 Å². The second-order valence-electron chi connectivity index (χ2n) is 4.55. The summed E-state index contributed by atoms with van der Waals surface area (Å²) in [5.41, 5.74) is 1.39. The molecule has 2 aromatic rings. The molecule has 7 heteroatoms. The van der Waals surface area contributed by atoms with Crippen LogP contribution < -0.4 is 5.32 Å². The van der Waals surface area contributed by atoms with E-state index in [0.29, 0.717) is 10.6 Å². The predicted octanol–water partition coefficient (Wildman–Crippen LogP) is 4.64. The lowest BCUT2D eigenvalue weighted by Gasteiger charge is -2.26. The van der Waals surface area contributed by atoms with Crippen LogP contribution in [0.1, 0.15) is 11.3 Å². The summed E-state index contributed by atoms with van der Waals surface area (Å²) in [5.74, 6) is -0.595. The van der Waals surface area contributed by atoms with E-state index in [-0.39, 0.29) is 5.75 Å². The quantitative estimate of drug-likeness (QED) is 0.749. The lowest BCUT2D eigenvalue weighted by molar-refractivity contribution is 0.268. The maximum absolute atomic E-state index is 12.8. The van der Waals surface area contributed by atoms with Gasteiger partial charge >= 0.3 is 7.60 Å². The molecular formula is C15H17ClNO4P. The molecule has 2 aromatic carbocycles. The van der Waals surface area contributed by atoms with Crippen LogP contribution in [0.3, 0.4) is 0 Å². The lowest BCUT2D eigenvalue weighted by atomic mass is 10.2. The molecule has 2 rings (SSSR count). The molecule has 0 saturated carbocycles. The molecule has 118 valence electrons. The molecule has 2 N–H and O–H groups in total. The third-order valence-corrected chi connectivity index (χ3v) is 5.51. The first-order valence-corrected chi connectivity index (χ1v) is 8.49. The Bertz CT molecular complexity index is 652. The number of nitrogens with one attached hydrogen (secondary N) is 1. The average Bonchev–Trinajstić information content (AvgIpc) is 2.54. The monoisotopic (exact) mass is 341 g/mol. The zero-order valence-corrected chi connectivity index (χ0v) is 13.8. The van der Waals surface area contributed by atoms with Gasteiger partial charge < -0.3 is 19.5 Å². The van der Waals surface area contributed by atoms with Gasteiger partial charge in [-0.25, -0.2) is 0 Å². The third-order valence-electron chi connectivity index (χ3n) is 3.18. The fourth-order valence-electron chi connectivity index (χ4n) is 1.99. The van der Waals surface area contributed by atoms with E-state index in [1.54, 1.807) is 36.4 Å². The minimum Gasteiger partial charge on any atom is -0.508 e. The molecule has 0 fully saturated rings. The maximum Gasteiger partial charge on any atom is 0.356 e. The lowest BCUT2D eigenvalue weighted by Crippen LogP contribution is -2.13. The van der Waals surface area contributed by atoms with Gasteiger partial charge in [0.25, 0.3) is 0 Å². The molecule has 0 aliphatic heterocycles. The van der Waals surface area contributed by atoms with Crippen LogP contribution in [0, 0.1) is 0 Å². The van der Waals surface area contributed by atoms with E-state index >= 15 is 0 Å². The molecule has 0 aromatic heterocycles. The Labute approximate surface area is 134 Å². The molecule has 0 spiro atoms. The van der Waals surface area contributed by atoms with Gasteiger partial charge in [0.15, 0.2) is 5.78 Å². The molecule has 0 aliphatic rings. The predicted molar refractivity (Wildman–Crippen MR) is 87.5 cm³/mol. The fourth-order valence-corrected chi connectivity index (χ4v) is 3.53. The minimum absolute atomic E-state index is 0.124. The van der Waals surface area contributed by atoms with E-state index in [2.05, 4.69) is 5.32 Å². The normalized spacial score (nSPS) is 12.9. The summed E-state index contributed by atoms with van der Waals surface area (Å²) in [5, 5.41) is 13.1. The number of aromatic hydroxyl groups is 1. The van der Waals surface area contributed by atoms with Gasteiger partial charge in [-0.05, 0) is 42.0 Å². The first-order valence-electron chi connectivity index (χ1n) is 6.51. The Morgan fingerprint density at radius 2 is 1.59 bits per heavy atom. The summed E-state index contributed by atoms with van der Waals surface area (Å²) in [6.45, 7) is 0. The summed E-state index contributed by atoms with van der Waals surface area (Å²) in [6, 6.07) is 13.3. The molecule has 0 bridgehead atoms. The summed E-state index contributed by atoms with van der Waals surface area (Å²) < 4.78 is 23.0. The Kier molecular flexibility index (Phi) is 5.48. The van der Waals surface area contributed by atoms with E-state index in [0.717, 1.165) is 5.69 Å². The van der Waals surface area contributed by atoms with Crippen LogP contribution in [-0.2, 0) is 13.6 Å². The Morgan fingerprint density at radius 1 is 1.05 bits per heavy atom. The topological polar surface area (TPSA) is 67.8 Å². The smallest absolute Gasteiger partial charge is 0.356 e. The zero-order valence-electron chi connectivity index (χ0n) is 12.2. The SMILES string of the molecule is COP(=O)(OC)C(Nc1ccc(Cl)cc1)c1ccc(O)cc1. The first kappa shape index (κ1) is 16.8. The highest BCUT2D eigenvalue weighted by atomic mass is 35.5. The molecule has 0 radical (unpaired) electrons. The molecule has 0 heterocycles. The largest absolute Gasteiger partial charge is 0.508 e. The highest BCUT2D eigenvalue weighted by Gasteiger charge is 2.35. The standard InChI is InChI=1S/C15H17ClNO4P/c1-20-22(19,21-2)15(11-3-9-14(18)10-4-11)17-13-7-5-12(16)6-8-13/h3-10,15,17-18H,1-2H3. The van der Waals surface area contributed by atoms with Gasteiger partial charge in [-0.3, -0.25) is 4.57 Å². The van der Waals surface area contributed by atoms with E-state index in [1.807, 2.05) is 0 Å². The summed E-state index contributed by atoms with van der Waals surface area (Å²) >= 11 is 5.87. The van der Waals surface area contributed by atoms with Gasteiger partial charge in [-0.2, -0.15) is 0 Å². The molecule has 22 heavy (non-hydrogen) atoms. The average molecular weight is 342 g/mol. The number of phenolic OH excluding ortho intramolecular Hbond substituents is 1. The third kappa shape index (κ3) is 3.81. The van der Waals surface area contributed by atoms with Crippen molar-refractivity contribution in [2.75, 3.05) is 19.5 Å². The molecule has 0 aliphatic carbocycles. The first-order chi connectivity index (χ1) is 10.5. The summed E-state index contributed by atoms with van der Waals surface area (Å²) in [6.07, 6.45) is 0. The van der Waals surface area contributed by atoms with E-state index in [9.17, 15) is 9.67 Å². The molecule has 5 nitrogen and oxygen atoms in total. The molecular weight excluding hydrogens is 325 g/mol. The van der Waals surface area contributed by atoms with Crippen molar-refractivity contribution in [1.82, 2.24) is 0 Å². The van der Waals surface area contributed by atoms with Crippen molar-refractivity contribution < 1.29 is 18.7 Å². The van der Waals surface area contributed by atoms with Crippen LogP contribution in [0.4, 0.5) is 5.69 Å². The fraction of sp³-hybridized carbons (Fsp3) is 0.200. The van der Waals surface area contributed by atoms with E-state index < -0.39 is 13.4 Å². The molecule has 1 atom stereocenters. The van der Waals surface area contributed by atoms with Crippen molar-refractivity contribution in [3.8, 4) is 5.75 Å². The van der Waals surface area contributed by atoms with Crippen LogP contribution >= 0.6 is 19.2 Å². The Hall–Kier alpha value is -1.52. The number of benzene rings is 2. The van der Waals surface area contributed by atoms with E-state index in [4.69, 9.17) is 20.6 Å². The Balaban J connectivity index is 2.39. The van der Waals surface area contributed by atoms with Gasteiger partial charge in [0.1, 0.15) is 5.75 Å². The van der Waals surface area contributed by atoms with Crippen LogP contribution in [0.15, 0.2) is 48.5 Å². The number of halogens is 1. The number of phenols is 1. The van der Waals surface area contributed by atoms with Crippen LogP contribution in [0.2, 0.25) is 5.02 Å². The number of anilines is 1. The van der Waals surface area contributed by atoms with Crippen molar-refractivity contribution in [3.05, 3.63) is 59.1 Å². The Morgan fingerprint density at radius 3 is 2.09 bits per heavy atom. The molecule has 0 amide bonds. The van der Waals surface area contributed by atoms with Gasteiger partial charge in [0.05, 0.1) is 0 Å². The van der Waals surface area contributed by atoms with Crippen molar-refractivity contribution >= 4 is 24.9 Å². The van der Waals surface area contributed by atoms with Crippen LogP contribution in [-0.4, -0.2) is 19.3 Å². The van der Waals surface area contributed by atoms with Crippen molar-refractivity contribution in [3.63, 3.8) is 0 Å². The number of rotatable bonds is 6. The highest BCUT2D eigenvalue weighted by Crippen LogP contribution is 2.59.